The van der Waals surface area contributed by atoms with E-state index in [0.717, 1.165) is 58.0 Å². The van der Waals surface area contributed by atoms with Crippen molar-refractivity contribution in [3.05, 3.63) is 83.2 Å². The highest BCUT2D eigenvalue weighted by molar-refractivity contribution is 6.05. The van der Waals surface area contributed by atoms with Gasteiger partial charge in [-0.1, -0.05) is 36.1 Å². The van der Waals surface area contributed by atoms with Crippen LogP contribution in [0.3, 0.4) is 0 Å². The van der Waals surface area contributed by atoms with Crippen LogP contribution in [0, 0.1) is 23.7 Å². The summed E-state index contributed by atoms with van der Waals surface area (Å²) in [6.07, 6.45) is 6.12. The molecule has 40 heavy (non-hydrogen) atoms. The van der Waals surface area contributed by atoms with Crippen LogP contribution in [0.2, 0.25) is 0 Å². The Kier molecular flexibility index (Phi) is 4.26. The maximum absolute atomic E-state index is 5.02. The highest BCUT2D eigenvalue weighted by Gasteiger charge is 2.48. The summed E-state index contributed by atoms with van der Waals surface area (Å²) in [6.45, 7) is 0. The van der Waals surface area contributed by atoms with E-state index < -0.39 is 0 Å². The van der Waals surface area contributed by atoms with Crippen LogP contribution in [0.25, 0.3) is 32.6 Å². The molecule has 5 heteroatoms. The molecule has 4 aromatic carbocycles. The van der Waals surface area contributed by atoms with Crippen LogP contribution in [0.4, 0.5) is 5.69 Å². The number of aromatic nitrogens is 2. The lowest BCUT2D eigenvalue weighted by Gasteiger charge is -2.12. The summed E-state index contributed by atoms with van der Waals surface area (Å²) in [5.41, 5.74) is 8.08. The molecule has 10 rings (SSSR count). The predicted octanol–water partition coefficient (Wildman–Crippen LogP) is 6.07. The number of aromatic amines is 1. The van der Waals surface area contributed by atoms with Crippen molar-refractivity contribution in [3.8, 4) is 11.8 Å². The van der Waals surface area contributed by atoms with Crippen LogP contribution in [0.5, 0.6) is 0 Å². The largest absolute Gasteiger partial charge is 0.341 e. The van der Waals surface area contributed by atoms with Crippen molar-refractivity contribution in [2.45, 2.75) is 56.3 Å². The van der Waals surface area contributed by atoms with Crippen molar-refractivity contribution in [2.75, 3.05) is 0 Å². The summed E-state index contributed by atoms with van der Waals surface area (Å²) in [4.78, 5) is 13.6. The highest BCUT2D eigenvalue weighted by atomic mass is 15.1. The lowest BCUT2D eigenvalue weighted by molar-refractivity contribution is 0.544. The van der Waals surface area contributed by atoms with Crippen LogP contribution in [-0.4, -0.2) is 33.8 Å². The fraction of sp³-hybridized carbons (Fsp3) is 0.314. The summed E-state index contributed by atoms with van der Waals surface area (Å²) in [5.74, 6) is 9.65. The summed E-state index contributed by atoms with van der Waals surface area (Å²) < 4.78 is 0. The average molecular weight is 520 g/mol. The molecule has 4 heterocycles. The van der Waals surface area contributed by atoms with E-state index in [2.05, 4.69) is 88.1 Å². The molecule has 5 aromatic rings. The number of aliphatic imine (C=N–C) groups is 1. The molecule has 2 saturated heterocycles. The van der Waals surface area contributed by atoms with Gasteiger partial charge < -0.3 is 15.6 Å². The molecule has 3 N–H and O–H groups in total. The second-order valence-electron chi connectivity index (χ2n) is 12.7. The Bertz CT molecular complexity index is 1990. The minimum Gasteiger partial charge on any atom is -0.341 e. The molecular formula is C35H29N5. The van der Waals surface area contributed by atoms with Gasteiger partial charge in [0.25, 0.3) is 0 Å². The fourth-order valence-corrected chi connectivity index (χ4v) is 7.64. The zero-order chi connectivity index (χ0) is 25.9. The number of H-pyrrole nitrogens is 1. The topological polar surface area (TPSA) is 65.1 Å². The molecule has 5 nitrogen and oxygen atoms in total. The maximum Gasteiger partial charge on any atom is 0.124 e. The molecular weight excluding hydrogens is 490 g/mol. The number of rotatable bonds is 2. The van der Waals surface area contributed by atoms with Gasteiger partial charge >= 0.3 is 0 Å². The lowest BCUT2D eigenvalue weighted by Crippen LogP contribution is -2.33. The predicted molar refractivity (Wildman–Crippen MR) is 160 cm³/mol. The molecule has 0 bridgehead atoms. The normalized spacial score (nSPS) is 29.2. The highest BCUT2D eigenvalue weighted by Crippen LogP contribution is 2.46. The Morgan fingerprint density at radius 2 is 1.40 bits per heavy atom. The molecule has 2 aliphatic carbocycles. The third-order valence-corrected chi connectivity index (χ3v) is 10.1. The van der Waals surface area contributed by atoms with Crippen molar-refractivity contribution < 1.29 is 0 Å². The molecule has 6 atom stereocenters. The van der Waals surface area contributed by atoms with Crippen molar-refractivity contribution >= 4 is 44.0 Å². The van der Waals surface area contributed by atoms with Crippen molar-refractivity contribution in [1.29, 1.82) is 0 Å². The first-order valence-corrected chi connectivity index (χ1v) is 14.8. The molecule has 194 valence electrons. The number of nitrogens with zero attached hydrogens (tertiary/aromatic N) is 2. The van der Waals surface area contributed by atoms with E-state index in [1.54, 1.807) is 0 Å². The Balaban J connectivity index is 0.925. The fourth-order valence-electron chi connectivity index (χ4n) is 7.64. The van der Waals surface area contributed by atoms with Crippen molar-refractivity contribution in [1.82, 2.24) is 20.6 Å². The van der Waals surface area contributed by atoms with Gasteiger partial charge in [0.05, 0.1) is 22.8 Å². The summed E-state index contributed by atoms with van der Waals surface area (Å²) >= 11 is 0. The number of fused-ring (bicyclic) bond motifs is 8. The molecule has 0 amide bonds. The molecule has 3 aliphatic heterocycles. The van der Waals surface area contributed by atoms with Crippen molar-refractivity contribution in [3.63, 3.8) is 0 Å². The third-order valence-electron chi connectivity index (χ3n) is 10.1. The zero-order valence-electron chi connectivity index (χ0n) is 22.2. The number of hydrogen-bond acceptors (Lipinski definition) is 4. The maximum atomic E-state index is 5.02. The van der Waals surface area contributed by atoms with Crippen LogP contribution in [-0.2, 0) is 6.42 Å². The van der Waals surface area contributed by atoms with Gasteiger partial charge in [-0.2, -0.15) is 0 Å². The first-order chi connectivity index (χ1) is 19.7. The van der Waals surface area contributed by atoms with Gasteiger partial charge in [0.1, 0.15) is 5.82 Å². The first kappa shape index (κ1) is 21.8. The standard InChI is InChI=1S/C35H29N5/c1(18-3-7-24-20(11-18)5-9-27-26(24)17-32(36-27)31-15-22-13-29(22)37-31)2-19-4-8-25-21(12-19)6-10-28-34(25)40-35(39-28)33-16-23-14-30(23)38-33/h3-12,22-23,29-31,33,37-38H,13-17H2,(H,39,40)/t22-,23-,29-,30-,31+,33+/m1/s1. The van der Waals surface area contributed by atoms with Gasteiger partial charge in [0.2, 0.25) is 0 Å². The van der Waals surface area contributed by atoms with Crippen LogP contribution in [0.1, 0.15) is 54.2 Å². The smallest absolute Gasteiger partial charge is 0.124 e. The van der Waals surface area contributed by atoms with Crippen molar-refractivity contribution in [2.24, 2.45) is 16.8 Å². The molecule has 0 radical (unpaired) electrons. The molecule has 1 aromatic heterocycles. The average Bonchev–Trinajstić information content (AvgIpc) is 3.56. The van der Waals surface area contributed by atoms with E-state index in [0.29, 0.717) is 18.1 Å². The molecule has 0 unspecified atom stereocenters. The summed E-state index contributed by atoms with van der Waals surface area (Å²) in [7, 11) is 0. The zero-order valence-corrected chi connectivity index (χ0v) is 22.2. The van der Waals surface area contributed by atoms with E-state index >= 15 is 0 Å². The van der Waals surface area contributed by atoms with Gasteiger partial charge in [0, 0.05) is 46.8 Å². The van der Waals surface area contributed by atoms with E-state index in [1.165, 1.54) is 58.5 Å². The van der Waals surface area contributed by atoms with Gasteiger partial charge in [-0.15, -0.1) is 0 Å². The minimum atomic E-state index is 0.365. The monoisotopic (exact) mass is 519 g/mol. The number of hydrogen-bond donors (Lipinski definition) is 3. The number of benzene rings is 4. The van der Waals surface area contributed by atoms with E-state index in [4.69, 9.17) is 9.98 Å². The molecule has 4 fully saturated rings. The SMILES string of the molecule is C(#Cc1ccc2c(ccc3[nH]c([C@@H]4C[C@H]5C[C@H]5N4)nc32)c1)c1ccc2c3c(ccc2c1)N=C([C@@H]1C[C@H]2C[C@H]2N1)C3. The minimum absolute atomic E-state index is 0.365. The Hall–Kier alpha value is -3.98. The van der Waals surface area contributed by atoms with E-state index in [9.17, 15) is 0 Å². The molecule has 5 aliphatic rings. The Labute approximate surface area is 232 Å². The number of imidazole rings is 1. The molecule has 2 saturated carbocycles. The Morgan fingerprint density at radius 1 is 0.700 bits per heavy atom. The van der Waals surface area contributed by atoms with Crippen LogP contribution < -0.4 is 10.6 Å². The lowest BCUT2D eigenvalue weighted by atomic mass is 9.96. The van der Waals surface area contributed by atoms with Crippen LogP contribution in [0.15, 0.2) is 65.7 Å². The van der Waals surface area contributed by atoms with Gasteiger partial charge in [-0.25, -0.2) is 4.98 Å². The second kappa shape index (κ2) is 7.81. The third kappa shape index (κ3) is 3.36. The van der Waals surface area contributed by atoms with Gasteiger partial charge in [0.15, 0.2) is 0 Å². The quantitative estimate of drug-likeness (QED) is 0.248. The number of piperidine rings is 2. The summed E-state index contributed by atoms with van der Waals surface area (Å²) in [5, 5.41) is 12.4. The van der Waals surface area contributed by atoms with Crippen LogP contribution >= 0.6 is 0 Å². The van der Waals surface area contributed by atoms with Gasteiger partial charge in [-0.3, -0.25) is 4.99 Å². The second-order valence-corrected chi connectivity index (χ2v) is 12.7. The Morgan fingerprint density at radius 3 is 2.15 bits per heavy atom. The first-order valence-electron chi connectivity index (χ1n) is 14.8. The molecule has 0 spiro atoms. The number of nitrogens with one attached hydrogen (secondary N) is 3. The van der Waals surface area contributed by atoms with E-state index in [1.807, 2.05) is 0 Å². The summed E-state index contributed by atoms with van der Waals surface area (Å²) in [6, 6.07) is 24.1. The van der Waals surface area contributed by atoms with E-state index in [-0.39, 0.29) is 0 Å². The van der Waals surface area contributed by atoms with Gasteiger partial charge in [-0.05, 0) is 95.6 Å².